The Morgan fingerprint density at radius 1 is 1.31 bits per heavy atom. The molecule has 0 aliphatic heterocycles. The lowest BCUT2D eigenvalue weighted by Gasteiger charge is -2.18. The normalized spacial score (nSPS) is 12.8. The molecule has 2 aromatic rings. The number of nitrogens with two attached hydrogens (primary N) is 1. The van der Waals surface area contributed by atoms with Crippen LogP contribution >= 0.6 is 27.5 Å². The van der Waals surface area contributed by atoms with Crippen LogP contribution in [0.25, 0.3) is 0 Å². The molecule has 2 unspecified atom stereocenters. The number of aliphatic hydroxyl groups excluding tert-OH is 2. The van der Waals surface area contributed by atoms with Crippen LogP contribution in [0.15, 0.2) is 16.6 Å². The largest absolute Gasteiger partial charge is 0.471 e. The summed E-state index contributed by atoms with van der Waals surface area (Å²) < 4.78 is 37.3. The van der Waals surface area contributed by atoms with Crippen molar-refractivity contribution in [2.75, 3.05) is 26.0 Å². The van der Waals surface area contributed by atoms with Gasteiger partial charge in [0.1, 0.15) is 34.9 Å². The van der Waals surface area contributed by atoms with E-state index in [0.29, 0.717) is 0 Å². The van der Waals surface area contributed by atoms with E-state index >= 15 is 0 Å². The van der Waals surface area contributed by atoms with Crippen LogP contribution in [0.4, 0.5) is 13.8 Å². The van der Waals surface area contributed by atoms with Crippen molar-refractivity contribution in [3.63, 3.8) is 0 Å². The van der Waals surface area contributed by atoms with E-state index in [4.69, 9.17) is 10.5 Å². The maximum absolute atomic E-state index is 14.0. The molecule has 0 aliphatic carbocycles. The van der Waals surface area contributed by atoms with Crippen LogP contribution in [0.2, 0.25) is 0 Å². The van der Waals surface area contributed by atoms with Crippen LogP contribution in [0.5, 0.6) is 5.88 Å². The minimum Gasteiger partial charge on any atom is -0.471 e. The maximum Gasteiger partial charge on any atom is 0.257 e. The highest BCUT2D eigenvalue weighted by atomic mass is 79.9. The molecule has 2 amide bonds. The molecular formula is C18H22BrF2N5O5S. The number of likely N-dealkylation sites (N-methyl/N-ethyl adjacent to an activating group) is 1. The van der Waals surface area contributed by atoms with Crippen molar-refractivity contribution < 1.29 is 33.3 Å². The summed E-state index contributed by atoms with van der Waals surface area (Å²) in [5.74, 6) is -3.37. The van der Waals surface area contributed by atoms with E-state index in [2.05, 4.69) is 30.9 Å². The first-order valence-electron chi connectivity index (χ1n) is 9.14. The first-order chi connectivity index (χ1) is 15.0. The lowest BCUT2D eigenvalue weighted by atomic mass is 10.2. The molecule has 10 nitrogen and oxygen atoms in total. The number of nitrogens with zero attached hydrogens (tertiary/aromatic N) is 2. The first-order valence-corrected chi connectivity index (χ1v) is 10.7. The zero-order valence-electron chi connectivity index (χ0n) is 17.1. The first kappa shape index (κ1) is 25.9. The van der Waals surface area contributed by atoms with Gasteiger partial charge in [0.2, 0.25) is 5.88 Å². The van der Waals surface area contributed by atoms with Crippen LogP contribution in [0, 0.1) is 11.6 Å². The minimum atomic E-state index is -1.38. The topological polar surface area (TPSA) is 150 Å². The van der Waals surface area contributed by atoms with Gasteiger partial charge in [0.05, 0.1) is 5.56 Å². The molecule has 0 bridgehead atoms. The molecule has 14 heteroatoms. The Bertz CT molecular complexity index is 954. The lowest BCUT2D eigenvalue weighted by molar-refractivity contribution is -0.137. The standard InChI is InChI=1S/C18H22BrF2N5O5S/c1-26(2)17(29)12(27)3-4-23-18(30)24-16-13(14(22)28)15(25-32-16)31-7-9-10(20)5-8(19)6-11(9)21/h5-6,12,18,23-24,27,30H,3-4,7H2,1-2H3,(H2,22,28). The molecule has 1 heterocycles. The van der Waals surface area contributed by atoms with E-state index in [9.17, 15) is 28.6 Å². The molecule has 176 valence electrons. The molecule has 6 N–H and O–H groups in total. The third-order valence-corrected chi connectivity index (χ3v) is 5.33. The number of aromatic nitrogens is 1. The van der Waals surface area contributed by atoms with E-state index in [1.807, 2.05) is 0 Å². The van der Waals surface area contributed by atoms with Gasteiger partial charge in [-0.25, -0.2) is 8.78 Å². The smallest absolute Gasteiger partial charge is 0.257 e. The second kappa shape index (κ2) is 11.5. The third-order valence-electron chi connectivity index (χ3n) is 4.12. The second-order valence-electron chi connectivity index (χ2n) is 6.73. The van der Waals surface area contributed by atoms with Gasteiger partial charge >= 0.3 is 0 Å². The molecule has 0 saturated carbocycles. The molecule has 1 aromatic heterocycles. The van der Waals surface area contributed by atoms with Crippen molar-refractivity contribution in [3.8, 4) is 5.88 Å². The van der Waals surface area contributed by atoms with Crippen LogP contribution in [-0.2, 0) is 11.4 Å². The molecule has 0 spiro atoms. The van der Waals surface area contributed by atoms with Gasteiger partial charge in [-0.15, -0.1) is 0 Å². The highest BCUT2D eigenvalue weighted by Gasteiger charge is 2.23. The van der Waals surface area contributed by atoms with Gasteiger partial charge in [0, 0.05) is 25.1 Å². The van der Waals surface area contributed by atoms with Crippen LogP contribution in [-0.4, -0.2) is 64.4 Å². The number of hydrogen-bond acceptors (Lipinski definition) is 9. The third kappa shape index (κ3) is 6.80. The van der Waals surface area contributed by atoms with Crippen LogP contribution in [0.1, 0.15) is 22.3 Å². The van der Waals surface area contributed by atoms with Gasteiger partial charge in [-0.2, -0.15) is 4.37 Å². The summed E-state index contributed by atoms with van der Waals surface area (Å²) in [6.45, 7) is -0.488. The molecule has 0 saturated heterocycles. The number of benzene rings is 1. The van der Waals surface area contributed by atoms with Gasteiger partial charge < -0.3 is 30.9 Å². The zero-order chi connectivity index (χ0) is 24.0. The Kier molecular flexibility index (Phi) is 9.27. The monoisotopic (exact) mass is 537 g/mol. The minimum absolute atomic E-state index is 0.0276. The average molecular weight is 538 g/mol. The van der Waals surface area contributed by atoms with Crippen LogP contribution in [0.3, 0.4) is 0 Å². The fraction of sp³-hybridized carbons (Fsp3) is 0.389. The fourth-order valence-electron chi connectivity index (χ4n) is 2.49. The maximum atomic E-state index is 14.0. The van der Waals surface area contributed by atoms with Gasteiger partial charge in [0.15, 0.2) is 6.35 Å². The van der Waals surface area contributed by atoms with Crippen LogP contribution < -0.4 is 21.1 Å². The lowest BCUT2D eigenvalue weighted by Crippen LogP contribution is -2.40. The summed E-state index contributed by atoms with van der Waals surface area (Å²) in [6, 6.07) is 2.13. The molecule has 0 fully saturated rings. The Hall–Kier alpha value is -2.39. The van der Waals surface area contributed by atoms with Gasteiger partial charge in [0.25, 0.3) is 11.8 Å². The number of carbonyl (C=O) groups is 2. The number of hydrogen-bond donors (Lipinski definition) is 5. The molecule has 0 aliphatic rings. The Balaban J connectivity index is 2.00. The zero-order valence-corrected chi connectivity index (χ0v) is 19.5. The van der Waals surface area contributed by atoms with Crippen molar-refractivity contribution in [3.05, 3.63) is 39.4 Å². The highest BCUT2D eigenvalue weighted by Crippen LogP contribution is 2.31. The molecule has 2 atom stereocenters. The number of nitrogens with one attached hydrogen (secondary N) is 2. The Labute approximate surface area is 194 Å². The number of aliphatic hydroxyl groups is 2. The average Bonchev–Trinajstić information content (AvgIpc) is 3.08. The van der Waals surface area contributed by atoms with Gasteiger partial charge in [-0.1, -0.05) is 15.9 Å². The second-order valence-corrected chi connectivity index (χ2v) is 8.42. The molecule has 2 rings (SSSR count). The number of halogens is 3. The summed E-state index contributed by atoms with van der Waals surface area (Å²) in [6.07, 6.45) is -2.60. The van der Waals surface area contributed by atoms with E-state index < -0.39 is 42.5 Å². The van der Waals surface area contributed by atoms with E-state index in [1.165, 1.54) is 19.0 Å². The molecule has 0 radical (unpaired) electrons. The number of amides is 2. The molecular weight excluding hydrogens is 516 g/mol. The van der Waals surface area contributed by atoms with Gasteiger partial charge in [-0.05, 0) is 30.1 Å². The summed E-state index contributed by atoms with van der Waals surface area (Å²) in [5, 5.41) is 25.0. The van der Waals surface area contributed by atoms with E-state index in [0.717, 1.165) is 23.7 Å². The quantitative estimate of drug-likeness (QED) is 0.266. The number of rotatable bonds is 11. The number of ether oxygens (including phenoxy) is 1. The molecule has 1 aromatic carbocycles. The predicted octanol–water partition coefficient (Wildman–Crippen LogP) is 0.978. The van der Waals surface area contributed by atoms with Crippen molar-refractivity contribution in [2.45, 2.75) is 25.5 Å². The Morgan fingerprint density at radius 2 is 1.94 bits per heavy atom. The van der Waals surface area contributed by atoms with Crippen molar-refractivity contribution in [2.24, 2.45) is 5.73 Å². The predicted molar refractivity (Wildman–Crippen MR) is 116 cm³/mol. The van der Waals surface area contributed by atoms with E-state index in [1.54, 1.807) is 0 Å². The fourth-order valence-corrected chi connectivity index (χ4v) is 3.66. The summed E-state index contributed by atoms with van der Waals surface area (Å²) >= 11 is 3.71. The van der Waals surface area contributed by atoms with Crippen molar-refractivity contribution >= 4 is 44.3 Å². The Morgan fingerprint density at radius 3 is 2.50 bits per heavy atom. The SMILES string of the molecule is CN(C)C(=O)C(O)CCNC(O)Nc1snc(OCc2c(F)cc(Br)cc2F)c1C(N)=O. The molecule has 32 heavy (non-hydrogen) atoms. The number of anilines is 1. The van der Waals surface area contributed by atoms with Gasteiger partial charge in [-0.3, -0.25) is 14.9 Å². The summed E-state index contributed by atoms with van der Waals surface area (Å²) in [4.78, 5) is 24.7. The number of primary amides is 1. The van der Waals surface area contributed by atoms with Crippen molar-refractivity contribution in [1.29, 1.82) is 0 Å². The highest BCUT2D eigenvalue weighted by molar-refractivity contribution is 9.10. The van der Waals surface area contributed by atoms with Crippen molar-refractivity contribution in [1.82, 2.24) is 14.6 Å². The summed E-state index contributed by atoms with van der Waals surface area (Å²) in [5.41, 5.74) is 4.79. The van der Waals surface area contributed by atoms with E-state index in [-0.39, 0.29) is 39.4 Å². The number of carbonyl (C=O) groups excluding carboxylic acids is 2. The summed E-state index contributed by atoms with van der Waals surface area (Å²) in [7, 11) is 3.01.